The van der Waals surface area contributed by atoms with Crippen molar-refractivity contribution in [3.05, 3.63) is 12.2 Å². The van der Waals surface area contributed by atoms with Crippen LogP contribution in [0.15, 0.2) is 12.2 Å². The fourth-order valence-electron chi connectivity index (χ4n) is 4.37. The van der Waals surface area contributed by atoms with Crippen molar-refractivity contribution >= 4 is 5.97 Å². The molecule has 0 aromatic heterocycles. The first-order valence-electron chi connectivity index (χ1n) is 10.4. The Morgan fingerprint density at radius 3 is 2.46 bits per heavy atom. The lowest BCUT2D eigenvalue weighted by Crippen LogP contribution is -2.37. The highest BCUT2D eigenvalue weighted by molar-refractivity contribution is 5.74. The molecule has 1 saturated carbocycles. The second-order valence-electron chi connectivity index (χ2n) is 8.53. The van der Waals surface area contributed by atoms with E-state index >= 15 is 0 Å². The summed E-state index contributed by atoms with van der Waals surface area (Å²) in [5, 5.41) is 0. The molecule has 0 aromatic carbocycles. The molecule has 138 valence electrons. The van der Waals surface area contributed by atoms with E-state index in [2.05, 4.69) is 32.9 Å². The molecule has 2 aliphatic rings. The standard InChI is InChI=1S/C22H38O2/c1-17(2)20-15-14-18(3)16-21(20)24-22(23)19-12-10-8-6-4-5-7-9-11-13-19/h10,12,17-21H,4-9,11,13-16H2,1-3H3/b12-10+/t18-,19+,20+,21-/m1/s1. The lowest BCUT2D eigenvalue weighted by molar-refractivity contribution is -0.159. The zero-order valence-corrected chi connectivity index (χ0v) is 16.1. The molecule has 2 rings (SSSR count). The normalized spacial score (nSPS) is 34.3. The zero-order valence-electron chi connectivity index (χ0n) is 16.1. The van der Waals surface area contributed by atoms with Gasteiger partial charge in [0.1, 0.15) is 6.10 Å². The molecule has 4 atom stereocenters. The first-order valence-corrected chi connectivity index (χ1v) is 10.4. The average molecular weight is 335 g/mol. The SMILES string of the molecule is CC(C)[C@@H]1CC[C@@H](C)C[C@H]1OC(=O)[C@H]1/C=C/CCCCCCCC1. The Labute approximate surface area is 149 Å². The van der Waals surface area contributed by atoms with Crippen LogP contribution in [0.25, 0.3) is 0 Å². The van der Waals surface area contributed by atoms with Crippen molar-refractivity contribution in [1.82, 2.24) is 0 Å². The van der Waals surface area contributed by atoms with Crippen LogP contribution in [0.1, 0.15) is 91.4 Å². The Bertz CT molecular complexity index is 399. The minimum Gasteiger partial charge on any atom is -0.462 e. The molecule has 0 saturated heterocycles. The fraction of sp³-hybridized carbons (Fsp3) is 0.864. The van der Waals surface area contributed by atoms with Crippen LogP contribution in [0.2, 0.25) is 0 Å². The number of carbonyl (C=O) groups excluding carboxylic acids is 1. The largest absolute Gasteiger partial charge is 0.462 e. The van der Waals surface area contributed by atoms with E-state index in [1.54, 1.807) is 0 Å². The summed E-state index contributed by atoms with van der Waals surface area (Å²) in [7, 11) is 0. The number of hydrogen-bond donors (Lipinski definition) is 0. The van der Waals surface area contributed by atoms with E-state index in [9.17, 15) is 4.79 Å². The molecular weight excluding hydrogens is 296 g/mol. The lowest BCUT2D eigenvalue weighted by atomic mass is 9.75. The second kappa shape index (κ2) is 10.3. The predicted octanol–water partition coefficient (Wildman–Crippen LogP) is 6.30. The number of ether oxygens (including phenoxy) is 1. The van der Waals surface area contributed by atoms with Gasteiger partial charge in [0.15, 0.2) is 0 Å². The average Bonchev–Trinajstić information content (AvgIpc) is 2.59. The fourth-order valence-corrected chi connectivity index (χ4v) is 4.37. The van der Waals surface area contributed by atoms with Crippen LogP contribution in [0.4, 0.5) is 0 Å². The monoisotopic (exact) mass is 334 g/mol. The maximum Gasteiger partial charge on any atom is 0.313 e. The molecule has 0 aliphatic heterocycles. The summed E-state index contributed by atoms with van der Waals surface area (Å²) < 4.78 is 6.08. The molecule has 0 amide bonds. The van der Waals surface area contributed by atoms with Gasteiger partial charge in [-0.2, -0.15) is 0 Å². The van der Waals surface area contributed by atoms with Crippen LogP contribution >= 0.6 is 0 Å². The summed E-state index contributed by atoms with van der Waals surface area (Å²) in [6.45, 7) is 6.84. The first-order chi connectivity index (χ1) is 11.6. The van der Waals surface area contributed by atoms with E-state index in [0.717, 1.165) is 25.7 Å². The minimum atomic E-state index is -0.0202. The molecular formula is C22H38O2. The van der Waals surface area contributed by atoms with Crippen molar-refractivity contribution in [2.45, 2.75) is 97.5 Å². The van der Waals surface area contributed by atoms with Crippen LogP contribution in [0.3, 0.4) is 0 Å². The Morgan fingerprint density at radius 2 is 1.71 bits per heavy atom. The van der Waals surface area contributed by atoms with Gasteiger partial charge in [0.05, 0.1) is 5.92 Å². The third-order valence-corrected chi connectivity index (χ3v) is 6.04. The van der Waals surface area contributed by atoms with Crippen LogP contribution < -0.4 is 0 Å². The van der Waals surface area contributed by atoms with Gasteiger partial charge in [-0.1, -0.05) is 71.4 Å². The zero-order chi connectivity index (χ0) is 17.4. The molecule has 0 heterocycles. The summed E-state index contributed by atoms with van der Waals surface area (Å²) in [5.74, 6) is 1.83. The Hall–Kier alpha value is -0.790. The number of hydrogen-bond acceptors (Lipinski definition) is 2. The number of esters is 1. The summed E-state index contributed by atoms with van der Waals surface area (Å²) in [5.41, 5.74) is 0. The van der Waals surface area contributed by atoms with Crippen molar-refractivity contribution in [2.24, 2.45) is 23.7 Å². The summed E-state index contributed by atoms with van der Waals surface area (Å²) in [6.07, 6.45) is 17.8. The molecule has 0 bridgehead atoms. The van der Waals surface area contributed by atoms with Crippen molar-refractivity contribution < 1.29 is 9.53 Å². The topological polar surface area (TPSA) is 26.3 Å². The van der Waals surface area contributed by atoms with Gasteiger partial charge in [-0.15, -0.1) is 0 Å². The smallest absolute Gasteiger partial charge is 0.313 e. The quantitative estimate of drug-likeness (QED) is 0.447. The van der Waals surface area contributed by atoms with E-state index in [4.69, 9.17) is 4.74 Å². The third-order valence-electron chi connectivity index (χ3n) is 6.04. The molecule has 0 radical (unpaired) electrons. The van der Waals surface area contributed by atoms with Gasteiger partial charge in [-0.3, -0.25) is 4.79 Å². The summed E-state index contributed by atoms with van der Waals surface area (Å²) >= 11 is 0. The summed E-state index contributed by atoms with van der Waals surface area (Å²) in [4.78, 5) is 12.8. The minimum absolute atomic E-state index is 0.0202. The highest BCUT2D eigenvalue weighted by atomic mass is 16.5. The number of rotatable bonds is 3. The molecule has 2 aliphatic carbocycles. The van der Waals surface area contributed by atoms with E-state index < -0.39 is 0 Å². The molecule has 2 nitrogen and oxygen atoms in total. The Morgan fingerprint density at radius 1 is 1.00 bits per heavy atom. The van der Waals surface area contributed by atoms with Crippen LogP contribution in [0, 0.1) is 23.7 Å². The van der Waals surface area contributed by atoms with E-state index in [1.807, 2.05) is 0 Å². The van der Waals surface area contributed by atoms with E-state index in [-0.39, 0.29) is 18.0 Å². The van der Waals surface area contributed by atoms with Gasteiger partial charge in [0.25, 0.3) is 0 Å². The highest BCUT2D eigenvalue weighted by Gasteiger charge is 2.34. The van der Waals surface area contributed by atoms with E-state index in [1.165, 1.54) is 44.9 Å². The van der Waals surface area contributed by atoms with Gasteiger partial charge in [-0.25, -0.2) is 0 Å². The number of carbonyl (C=O) groups is 1. The van der Waals surface area contributed by atoms with Crippen molar-refractivity contribution in [3.63, 3.8) is 0 Å². The third kappa shape index (κ3) is 6.26. The van der Waals surface area contributed by atoms with Gasteiger partial charge in [0.2, 0.25) is 0 Å². The van der Waals surface area contributed by atoms with Crippen LogP contribution in [0.5, 0.6) is 0 Å². The van der Waals surface area contributed by atoms with Crippen molar-refractivity contribution in [3.8, 4) is 0 Å². The molecule has 1 fully saturated rings. The van der Waals surface area contributed by atoms with Gasteiger partial charge < -0.3 is 4.74 Å². The van der Waals surface area contributed by atoms with Gasteiger partial charge in [-0.05, 0) is 49.9 Å². The summed E-state index contributed by atoms with van der Waals surface area (Å²) in [6, 6.07) is 0. The van der Waals surface area contributed by atoms with Gasteiger partial charge in [0, 0.05) is 0 Å². The first kappa shape index (κ1) is 19.5. The lowest BCUT2D eigenvalue weighted by Gasteiger charge is -2.37. The molecule has 2 heteroatoms. The Balaban J connectivity index is 1.96. The highest BCUT2D eigenvalue weighted by Crippen LogP contribution is 2.36. The number of allylic oxidation sites excluding steroid dienone is 1. The molecule has 0 aromatic rings. The maximum absolute atomic E-state index is 12.8. The van der Waals surface area contributed by atoms with Crippen LogP contribution in [-0.4, -0.2) is 12.1 Å². The van der Waals surface area contributed by atoms with Crippen LogP contribution in [-0.2, 0) is 9.53 Å². The van der Waals surface area contributed by atoms with Crippen molar-refractivity contribution in [2.75, 3.05) is 0 Å². The Kier molecular flexibility index (Phi) is 8.35. The molecule has 0 unspecified atom stereocenters. The molecule has 24 heavy (non-hydrogen) atoms. The van der Waals surface area contributed by atoms with Crippen molar-refractivity contribution in [1.29, 1.82) is 0 Å². The second-order valence-corrected chi connectivity index (χ2v) is 8.53. The predicted molar refractivity (Wildman–Crippen MR) is 101 cm³/mol. The maximum atomic E-state index is 12.8. The van der Waals surface area contributed by atoms with Gasteiger partial charge >= 0.3 is 5.97 Å². The van der Waals surface area contributed by atoms with E-state index in [0.29, 0.717) is 17.8 Å². The molecule has 0 spiro atoms. The molecule has 0 N–H and O–H groups in total.